The molecule has 0 bridgehead atoms. The molecular formula is C76H58N6. The van der Waals surface area contributed by atoms with Crippen molar-refractivity contribution in [3.63, 3.8) is 0 Å². The van der Waals surface area contributed by atoms with Crippen molar-refractivity contribution in [2.24, 2.45) is 0 Å². The number of hydrogen-bond acceptors (Lipinski definition) is 3. The molecule has 0 N–H and O–H groups in total. The molecule has 0 saturated carbocycles. The Bertz CT molecular complexity index is 4120. The number of nitrogens with zero attached hydrogens (tertiary/aromatic N) is 6. The molecule has 1 aliphatic rings. The first kappa shape index (κ1) is 49.5. The van der Waals surface area contributed by atoms with Crippen molar-refractivity contribution in [3.8, 4) is 62.0 Å². The maximum Gasteiger partial charge on any atom is 0.0620 e. The molecule has 0 amide bonds. The van der Waals surface area contributed by atoms with Crippen molar-refractivity contribution >= 4 is 39.8 Å². The number of para-hydroxylation sites is 4. The molecule has 0 aliphatic carbocycles. The summed E-state index contributed by atoms with van der Waals surface area (Å²) in [6, 6.07) is 109. The molecule has 3 aromatic heterocycles. The number of anilines is 7. The van der Waals surface area contributed by atoms with Gasteiger partial charge >= 0.3 is 0 Å². The van der Waals surface area contributed by atoms with E-state index in [1.807, 2.05) is 0 Å². The van der Waals surface area contributed by atoms with Crippen LogP contribution >= 0.6 is 0 Å². The smallest absolute Gasteiger partial charge is 0.0620 e. The molecule has 0 fully saturated rings. The summed E-state index contributed by atoms with van der Waals surface area (Å²) in [4.78, 5) is 7.10. The van der Waals surface area contributed by atoms with Gasteiger partial charge in [0.25, 0.3) is 0 Å². The lowest BCUT2D eigenvalue weighted by Crippen LogP contribution is -2.18. The fourth-order valence-electron chi connectivity index (χ4n) is 11.7. The van der Waals surface area contributed by atoms with E-state index >= 15 is 0 Å². The number of hydrogen-bond donors (Lipinski definition) is 0. The molecule has 13 aromatic rings. The summed E-state index contributed by atoms with van der Waals surface area (Å²) in [5, 5.41) is 0. The van der Waals surface area contributed by atoms with Gasteiger partial charge in [0, 0.05) is 81.7 Å². The molecule has 392 valence electrons. The van der Waals surface area contributed by atoms with E-state index in [2.05, 4.69) is 363 Å². The minimum Gasteiger partial charge on any atom is -0.340 e. The van der Waals surface area contributed by atoms with Crippen LogP contribution in [0.3, 0.4) is 0 Å². The second kappa shape index (κ2) is 22.1. The van der Waals surface area contributed by atoms with Crippen molar-refractivity contribution in [2.75, 3.05) is 14.7 Å². The molecule has 10 aromatic carbocycles. The Balaban J connectivity index is 0.781. The molecule has 14 rings (SSSR count). The monoisotopic (exact) mass is 1050 g/mol. The largest absolute Gasteiger partial charge is 0.340 e. The van der Waals surface area contributed by atoms with Crippen molar-refractivity contribution in [2.45, 2.75) is 12.5 Å². The summed E-state index contributed by atoms with van der Waals surface area (Å²) in [6.07, 6.45) is 11.8. The van der Waals surface area contributed by atoms with E-state index in [4.69, 9.17) is 0 Å². The highest BCUT2D eigenvalue weighted by atomic mass is 15.2. The molecule has 6 nitrogen and oxygen atoms in total. The Morgan fingerprint density at radius 3 is 0.854 bits per heavy atom. The maximum absolute atomic E-state index is 2.38. The van der Waals surface area contributed by atoms with Gasteiger partial charge in [0.05, 0.1) is 23.1 Å². The van der Waals surface area contributed by atoms with Crippen LogP contribution in [0.1, 0.15) is 18.0 Å². The van der Waals surface area contributed by atoms with Crippen LogP contribution < -0.4 is 14.7 Å². The van der Waals surface area contributed by atoms with Crippen LogP contribution in [0, 0.1) is 0 Å². The van der Waals surface area contributed by atoms with Gasteiger partial charge in [-0.2, -0.15) is 0 Å². The zero-order valence-corrected chi connectivity index (χ0v) is 45.2. The third-order valence-electron chi connectivity index (χ3n) is 15.7. The first-order valence-corrected chi connectivity index (χ1v) is 28.1. The van der Waals surface area contributed by atoms with Gasteiger partial charge in [-0.25, -0.2) is 0 Å². The van der Waals surface area contributed by atoms with Crippen LogP contribution in [0.2, 0.25) is 0 Å². The van der Waals surface area contributed by atoms with Crippen LogP contribution in [-0.4, -0.2) is 13.7 Å². The van der Waals surface area contributed by atoms with E-state index in [0.29, 0.717) is 0 Å². The van der Waals surface area contributed by atoms with Crippen molar-refractivity contribution in [1.29, 1.82) is 0 Å². The van der Waals surface area contributed by atoms with Gasteiger partial charge in [-0.15, -0.1) is 0 Å². The van der Waals surface area contributed by atoms with E-state index in [0.717, 1.165) is 103 Å². The number of rotatable bonds is 15. The molecular weight excluding hydrogens is 997 g/mol. The van der Waals surface area contributed by atoms with Crippen LogP contribution in [0.5, 0.6) is 0 Å². The average Bonchev–Trinajstić information content (AvgIpc) is 4.49. The van der Waals surface area contributed by atoms with Crippen LogP contribution in [0.25, 0.3) is 62.0 Å². The minimum absolute atomic E-state index is 0.233. The third kappa shape index (κ3) is 9.80. The molecule has 82 heavy (non-hydrogen) atoms. The maximum atomic E-state index is 2.38. The van der Waals surface area contributed by atoms with E-state index in [-0.39, 0.29) is 6.04 Å². The summed E-state index contributed by atoms with van der Waals surface area (Å²) in [5.41, 5.74) is 21.5. The van der Waals surface area contributed by atoms with Gasteiger partial charge < -0.3 is 28.4 Å². The highest BCUT2D eigenvalue weighted by Crippen LogP contribution is 2.42. The molecule has 0 radical (unpaired) electrons. The van der Waals surface area contributed by atoms with Gasteiger partial charge in [-0.05, 0) is 198 Å². The topological polar surface area (TPSA) is 24.5 Å². The van der Waals surface area contributed by atoms with Crippen molar-refractivity contribution < 1.29 is 0 Å². The minimum atomic E-state index is 0.233. The SMILES string of the molecule is C1=CN(c2ccccc2)C(c2ccc(N(c3ccc(-c4ccc(N(c5ccc(-c6cccn6-c6ccccc6)cc5)c5ccc(-c6cccn6-c6ccccc6)cc5)cc4)cc3)c3ccc(-c4cccn4-c4ccccc4)cc3)cc2)C1. The van der Waals surface area contributed by atoms with Crippen LogP contribution in [-0.2, 0) is 0 Å². The molecule has 1 aliphatic heterocycles. The van der Waals surface area contributed by atoms with E-state index < -0.39 is 0 Å². The first-order valence-electron chi connectivity index (χ1n) is 28.1. The Hall–Kier alpha value is -10.8. The zero-order valence-electron chi connectivity index (χ0n) is 45.2. The summed E-state index contributed by atoms with van der Waals surface area (Å²) in [6.45, 7) is 0. The lowest BCUT2D eigenvalue weighted by molar-refractivity contribution is 0.744. The van der Waals surface area contributed by atoms with Crippen LogP contribution in [0.15, 0.2) is 334 Å². The summed E-state index contributed by atoms with van der Waals surface area (Å²) in [7, 11) is 0. The molecule has 1 atom stereocenters. The molecule has 0 saturated heterocycles. The highest BCUT2D eigenvalue weighted by molar-refractivity contribution is 5.83. The fourth-order valence-corrected chi connectivity index (χ4v) is 11.7. The average molecular weight is 1060 g/mol. The standard InChI is InChI=1S/C76H58N6/c1-5-17-63(18-6-1)77-53-13-25-73(77)59-33-45-69(46-34-59)81(70-47-35-60(36-48-70)74-26-14-54-78(74)64-19-7-2-8-20-64)67-41-29-57(30-42-67)58-31-43-68(44-32-58)82(71-49-37-61(38-50-71)75-27-15-55-79(75)65-21-9-3-10-22-65)72-51-39-62(40-52-72)76-28-16-56-80(76)66-23-11-4-12-24-66/h1-27,29-56,76H,28H2. The Labute approximate surface area is 479 Å². The molecule has 6 heteroatoms. The lowest BCUT2D eigenvalue weighted by Gasteiger charge is -2.28. The van der Waals surface area contributed by atoms with Crippen LogP contribution in [0.4, 0.5) is 39.8 Å². The predicted octanol–water partition coefficient (Wildman–Crippen LogP) is 20.1. The molecule has 1 unspecified atom stereocenters. The fraction of sp³-hybridized carbons (Fsp3) is 0.0263. The summed E-state index contributed by atoms with van der Waals surface area (Å²) >= 11 is 0. The van der Waals surface area contributed by atoms with Crippen molar-refractivity contribution in [3.05, 3.63) is 340 Å². The highest BCUT2D eigenvalue weighted by Gasteiger charge is 2.24. The lowest BCUT2D eigenvalue weighted by atomic mass is 10.0. The Kier molecular flexibility index (Phi) is 13.4. The van der Waals surface area contributed by atoms with Gasteiger partial charge in [0.15, 0.2) is 0 Å². The number of aromatic nitrogens is 3. The van der Waals surface area contributed by atoms with Gasteiger partial charge in [-0.3, -0.25) is 0 Å². The van der Waals surface area contributed by atoms with Gasteiger partial charge in [0.2, 0.25) is 0 Å². The quantitative estimate of drug-likeness (QED) is 0.102. The second-order valence-electron chi connectivity index (χ2n) is 20.7. The first-order chi connectivity index (χ1) is 40.7. The molecule has 4 heterocycles. The van der Waals surface area contributed by atoms with Gasteiger partial charge in [-0.1, -0.05) is 152 Å². The second-order valence-corrected chi connectivity index (χ2v) is 20.7. The Morgan fingerprint density at radius 2 is 0.537 bits per heavy atom. The summed E-state index contributed by atoms with van der Waals surface area (Å²) in [5.74, 6) is 0. The normalized spacial score (nSPS) is 12.9. The summed E-state index contributed by atoms with van der Waals surface area (Å²) < 4.78 is 6.74. The zero-order chi connectivity index (χ0) is 54.6. The molecule has 0 spiro atoms. The Morgan fingerprint density at radius 1 is 0.256 bits per heavy atom. The third-order valence-corrected chi connectivity index (χ3v) is 15.7. The van der Waals surface area contributed by atoms with Crippen molar-refractivity contribution in [1.82, 2.24) is 13.7 Å². The van der Waals surface area contributed by atoms with Gasteiger partial charge in [0.1, 0.15) is 0 Å². The predicted molar refractivity (Wildman–Crippen MR) is 341 cm³/mol. The van der Waals surface area contributed by atoms with E-state index in [9.17, 15) is 0 Å². The van der Waals surface area contributed by atoms with E-state index in [1.165, 1.54) is 11.3 Å². The number of benzene rings is 10. The van der Waals surface area contributed by atoms with E-state index in [1.54, 1.807) is 0 Å².